The molecular weight excluding hydrogens is 364 g/mol. The van der Waals surface area contributed by atoms with Gasteiger partial charge < -0.3 is 15.4 Å². The van der Waals surface area contributed by atoms with Gasteiger partial charge in [-0.1, -0.05) is 38.1 Å². The van der Waals surface area contributed by atoms with Crippen LogP contribution in [-0.2, 0) is 14.3 Å². The highest BCUT2D eigenvalue weighted by molar-refractivity contribution is 7.12. The zero-order valence-corrected chi connectivity index (χ0v) is 16.5. The molecule has 0 saturated heterocycles. The van der Waals surface area contributed by atoms with Crippen LogP contribution < -0.4 is 10.6 Å². The number of esters is 1. The van der Waals surface area contributed by atoms with Crippen molar-refractivity contribution in [3.63, 3.8) is 0 Å². The van der Waals surface area contributed by atoms with Crippen molar-refractivity contribution >= 4 is 34.8 Å². The van der Waals surface area contributed by atoms with Crippen molar-refractivity contribution < 1.29 is 19.1 Å². The van der Waals surface area contributed by atoms with Crippen molar-refractivity contribution in [2.24, 2.45) is 0 Å². The van der Waals surface area contributed by atoms with E-state index in [1.54, 1.807) is 17.5 Å². The topological polar surface area (TPSA) is 84.5 Å². The Bertz CT molecular complexity index is 789. The molecule has 27 heavy (non-hydrogen) atoms. The van der Waals surface area contributed by atoms with Crippen molar-refractivity contribution in [2.75, 3.05) is 11.9 Å². The lowest BCUT2D eigenvalue weighted by atomic mass is 9.97. The van der Waals surface area contributed by atoms with Crippen LogP contribution in [0, 0.1) is 0 Å². The molecule has 0 bridgehead atoms. The third-order valence-electron chi connectivity index (χ3n) is 4.18. The maximum Gasteiger partial charge on any atom is 0.326 e. The molecule has 0 aliphatic heterocycles. The fourth-order valence-electron chi connectivity index (χ4n) is 2.43. The molecule has 0 radical (unpaired) electrons. The van der Waals surface area contributed by atoms with Crippen molar-refractivity contribution in [1.29, 1.82) is 0 Å². The average molecular weight is 388 g/mol. The number of rotatable bonds is 8. The first-order valence-corrected chi connectivity index (χ1v) is 9.71. The van der Waals surface area contributed by atoms with Gasteiger partial charge in [0.05, 0.1) is 4.88 Å². The molecule has 7 heteroatoms. The van der Waals surface area contributed by atoms with Gasteiger partial charge in [-0.15, -0.1) is 11.3 Å². The van der Waals surface area contributed by atoms with Crippen LogP contribution in [0.2, 0.25) is 0 Å². The standard InChI is InChI=1S/C20H24N2O4S/c1-4-13(2)15-8-5-6-9-16(15)22-19(24)14(3)26-18(23)12-21-20(25)17-10-7-11-27-17/h5-11,13-14H,4,12H2,1-3H3,(H,21,25)(H,22,24)/t13-,14+/m0/s1. The van der Waals surface area contributed by atoms with Gasteiger partial charge in [0.1, 0.15) is 6.54 Å². The Labute approximate surface area is 162 Å². The van der Waals surface area contributed by atoms with Gasteiger partial charge in [0, 0.05) is 5.69 Å². The van der Waals surface area contributed by atoms with Crippen molar-refractivity contribution in [1.82, 2.24) is 5.32 Å². The number of para-hydroxylation sites is 1. The molecule has 144 valence electrons. The molecule has 6 nitrogen and oxygen atoms in total. The second-order valence-corrected chi connectivity index (χ2v) is 7.13. The van der Waals surface area contributed by atoms with Crippen molar-refractivity contribution in [3.8, 4) is 0 Å². The molecule has 0 unspecified atom stereocenters. The first kappa shape index (κ1) is 20.6. The quantitative estimate of drug-likeness (QED) is 0.677. The van der Waals surface area contributed by atoms with Crippen LogP contribution in [0.5, 0.6) is 0 Å². The van der Waals surface area contributed by atoms with Crippen LogP contribution in [0.4, 0.5) is 5.69 Å². The second-order valence-electron chi connectivity index (χ2n) is 6.18. The zero-order chi connectivity index (χ0) is 19.8. The largest absolute Gasteiger partial charge is 0.451 e. The number of ether oxygens (including phenoxy) is 1. The number of thiophene rings is 1. The Morgan fingerprint density at radius 3 is 2.52 bits per heavy atom. The van der Waals surface area contributed by atoms with Gasteiger partial charge in [-0.3, -0.25) is 14.4 Å². The van der Waals surface area contributed by atoms with E-state index in [1.165, 1.54) is 18.3 Å². The number of anilines is 1. The molecule has 0 saturated carbocycles. The predicted octanol–water partition coefficient (Wildman–Crippen LogP) is 3.56. The van der Waals surface area contributed by atoms with E-state index in [2.05, 4.69) is 24.5 Å². The highest BCUT2D eigenvalue weighted by Crippen LogP contribution is 2.26. The highest BCUT2D eigenvalue weighted by Gasteiger charge is 2.20. The molecule has 2 aromatic rings. The molecule has 1 aromatic carbocycles. The Morgan fingerprint density at radius 1 is 1.11 bits per heavy atom. The zero-order valence-electron chi connectivity index (χ0n) is 15.7. The minimum Gasteiger partial charge on any atom is -0.451 e. The van der Waals surface area contributed by atoms with Gasteiger partial charge in [0.2, 0.25) is 0 Å². The normalized spacial score (nSPS) is 12.7. The molecule has 1 heterocycles. The summed E-state index contributed by atoms with van der Waals surface area (Å²) in [4.78, 5) is 36.6. The summed E-state index contributed by atoms with van der Waals surface area (Å²) in [7, 11) is 0. The average Bonchev–Trinajstić information content (AvgIpc) is 3.20. The SMILES string of the molecule is CC[C@H](C)c1ccccc1NC(=O)[C@@H](C)OC(=O)CNC(=O)c1cccs1. The molecule has 2 atom stereocenters. The number of hydrogen-bond acceptors (Lipinski definition) is 5. The molecule has 0 fully saturated rings. The van der Waals surface area contributed by atoms with Crippen LogP contribution in [0.1, 0.15) is 48.3 Å². The monoisotopic (exact) mass is 388 g/mol. The minimum absolute atomic E-state index is 0.294. The lowest BCUT2D eigenvalue weighted by Gasteiger charge is -2.18. The van der Waals surface area contributed by atoms with Crippen LogP contribution in [0.15, 0.2) is 41.8 Å². The van der Waals surface area contributed by atoms with E-state index in [4.69, 9.17) is 4.74 Å². The number of hydrogen-bond donors (Lipinski definition) is 2. The molecule has 2 rings (SSSR count). The molecule has 0 aliphatic rings. The number of carbonyl (C=O) groups is 3. The van der Waals surface area contributed by atoms with Gasteiger partial charge in [0.25, 0.3) is 11.8 Å². The van der Waals surface area contributed by atoms with E-state index in [0.717, 1.165) is 12.0 Å². The summed E-state index contributed by atoms with van der Waals surface area (Å²) in [5.41, 5.74) is 1.75. The second kappa shape index (κ2) is 9.87. The first-order chi connectivity index (χ1) is 12.9. The molecule has 2 N–H and O–H groups in total. The number of amides is 2. The van der Waals surface area contributed by atoms with Gasteiger partial charge in [0.15, 0.2) is 6.10 Å². The summed E-state index contributed by atoms with van der Waals surface area (Å²) in [5.74, 6) is -1.13. The van der Waals surface area contributed by atoms with Gasteiger partial charge in [-0.05, 0) is 42.3 Å². The fraction of sp³-hybridized carbons (Fsp3) is 0.350. The summed E-state index contributed by atoms with van der Waals surface area (Å²) in [6, 6.07) is 11.0. The summed E-state index contributed by atoms with van der Waals surface area (Å²) in [6.07, 6.45) is -0.0254. The van der Waals surface area contributed by atoms with Crippen molar-refractivity contribution in [3.05, 3.63) is 52.2 Å². The van der Waals surface area contributed by atoms with E-state index in [9.17, 15) is 14.4 Å². The Morgan fingerprint density at radius 2 is 1.85 bits per heavy atom. The smallest absolute Gasteiger partial charge is 0.326 e. The van der Waals surface area contributed by atoms with E-state index in [-0.39, 0.29) is 12.5 Å². The number of carbonyl (C=O) groups excluding carboxylic acids is 3. The van der Waals surface area contributed by atoms with E-state index >= 15 is 0 Å². The number of nitrogens with one attached hydrogen (secondary N) is 2. The third kappa shape index (κ3) is 5.92. The maximum atomic E-state index is 12.4. The lowest BCUT2D eigenvalue weighted by Crippen LogP contribution is -2.35. The van der Waals surface area contributed by atoms with E-state index in [0.29, 0.717) is 16.5 Å². The van der Waals surface area contributed by atoms with Crippen LogP contribution >= 0.6 is 11.3 Å². The Balaban J connectivity index is 1.86. The van der Waals surface area contributed by atoms with Crippen molar-refractivity contribution in [2.45, 2.75) is 39.2 Å². The minimum atomic E-state index is -0.971. The summed E-state index contributed by atoms with van der Waals surface area (Å²) >= 11 is 1.28. The van der Waals surface area contributed by atoms with Crippen LogP contribution in [0.25, 0.3) is 0 Å². The molecule has 1 aromatic heterocycles. The Kier molecular flexibility index (Phi) is 7.55. The molecular formula is C20H24N2O4S. The van der Waals surface area contributed by atoms with Gasteiger partial charge in [-0.25, -0.2) is 0 Å². The third-order valence-corrected chi connectivity index (χ3v) is 5.05. The molecule has 0 aliphatic carbocycles. The lowest BCUT2D eigenvalue weighted by molar-refractivity contribution is -0.152. The van der Waals surface area contributed by atoms with E-state index < -0.39 is 18.0 Å². The summed E-state index contributed by atoms with van der Waals surface area (Å²) < 4.78 is 5.12. The summed E-state index contributed by atoms with van der Waals surface area (Å²) in [6.45, 7) is 5.38. The highest BCUT2D eigenvalue weighted by atomic mass is 32.1. The maximum absolute atomic E-state index is 12.4. The van der Waals surface area contributed by atoms with E-state index in [1.807, 2.05) is 24.3 Å². The Hall–Kier alpha value is -2.67. The van der Waals surface area contributed by atoms with Gasteiger partial charge >= 0.3 is 5.97 Å². The summed E-state index contributed by atoms with van der Waals surface area (Å²) in [5, 5.41) is 7.07. The molecule has 2 amide bonds. The van der Waals surface area contributed by atoms with Crippen LogP contribution in [-0.4, -0.2) is 30.4 Å². The predicted molar refractivity (Wildman–Crippen MR) is 106 cm³/mol. The fourth-order valence-corrected chi connectivity index (χ4v) is 3.07. The van der Waals surface area contributed by atoms with Gasteiger partial charge in [-0.2, -0.15) is 0 Å². The van der Waals surface area contributed by atoms with Crippen LogP contribution in [0.3, 0.4) is 0 Å². The first-order valence-electron chi connectivity index (χ1n) is 8.83. The number of benzene rings is 1. The molecule has 0 spiro atoms.